The lowest BCUT2D eigenvalue weighted by atomic mass is 10.2. The van der Waals surface area contributed by atoms with Crippen molar-refractivity contribution in [2.75, 3.05) is 36.0 Å². The van der Waals surface area contributed by atoms with Crippen LogP contribution in [0.3, 0.4) is 0 Å². The van der Waals surface area contributed by atoms with Crippen molar-refractivity contribution in [1.29, 1.82) is 0 Å². The van der Waals surface area contributed by atoms with Crippen molar-refractivity contribution in [2.45, 2.75) is 0 Å². The topological polar surface area (TPSA) is 67.2 Å². The van der Waals surface area contributed by atoms with Crippen LogP contribution in [-0.4, -0.2) is 45.9 Å². The molecule has 1 aliphatic heterocycles. The van der Waals surface area contributed by atoms with Gasteiger partial charge in [-0.05, 0) is 11.4 Å². The summed E-state index contributed by atoms with van der Waals surface area (Å²) >= 11 is 7.86. The van der Waals surface area contributed by atoms with Crippen molar-refractivity contribution in [2.24, 2.45) is 7.05 Å². The second kappa shape index (κ2) is 6.03. The summed E-state index contributed by atoms with van der Waals surface area (Å²) in [6.45, 7) is 3.11. The molecular weight excluding hydrogens is 348 g/mol. The van der Waals surface area contributed by atoms with E-state index in [2.05, 4.69) is 24.9 Å². The molecule has 3 aromatic rings. The number of hydrogen-bond donors (Lipinski definition) is 0. The molecule has 0 saturated carbocycles. The first kappa shape index (κ1) is 15.3. The van der Waals surface area contributed by atoms with Crippen molar-refractivity contribution in [1.82, 2.24) is 19.7 Å². The third-order valence-corrected chi connectivity index (χ3v) is 5.46. The minimum atomic E-state index is -0.271. The van der Waals surface area contributed by atoms with Gasteiger partial charge in [0.1, 0.15) is 17.2 Å². The largest absolute Gasteiger partial charge is 0.365 e. The summed E-state index contributed by atoms with van der Waals surface area (Å²) in [5.41, 5.74) is 1.40. The van der Waals surface area contributed by atoms with Gasteiger partial charge in [0.05, 0.1) is 22.1 Å². The zero-order valence-electron chi connectivity index (χ0n) is 13.0. The standard InChI is InChI=1S/C15H15ClN6OS/c1-20-15(23)12(16)11(8-19-20)21-3-5-22(6-4-21)14-13-10(2-7-24-13)17-9-18-14/h2,7-9H,3-6H2,1H3. The van der Waals surface area contributed by atoms with Gasteiger partial charge in [-0.1, -0.05) is 11.6 Å². The van der Waals surface area contributed by atoms with Crippen LogP contribution in [0, 0.1) is 0 Å². The first-order valence-corrected chi connectivity index (χ1v) is 8.81. The molecule has 1 aliphatic rings. The minimum Gasteiger partial charge on any atom is -0.365 e. The molecule has 0 aliphatic carbocycles. The molecule has 4 rings (SSSR count). The van der Waals surface area contributed by atoms with E-state index >= 15 is 0 Å². The van der Waals surface area contributed by atoms with E-state index in [0.29, 0.717) is 5.69 Å². The van der Waals surface area contributed by atoms with Gasteiger partial charge in [-0.3, -0.25) is 4.79 Å². The van der Waals surface area contributed by atoms with E-state index in [0.717, 1.165) is 42.2 Å². The third-order valence-electron chi connectivity index (χ3n) is 4.20. The Hall–Kier alpha value is -2.19. The fraction of sp³-hybridized carbons (Fsp3) is 0.333. The quantitative estimate of drug-likeness (QED) is 0.692. The summed E-state index contributed by atoms with van der Waals surface area (Å²) in [6.07, 6.45) is 3.26. The smallest absolute Gasteiger partial charge is 0.287 e. The van der Waals surface area contributed by atoms with Crippen LogP contribution in [-0.2, 0) is 7.05 Å². The van der Waals surface area contributed by atoms with E-state index in [1.807, 2.05) is 11.4 Å². The van der Waals surface area contributed by atoms with Crippen LogP contribution in [0.15, 0.2) is 28.8 Å². The summed E-state index contributed by atoms with van der Waals surface area (Å²) in [5, 5.41) is 6.33. The maximum Gasteiger partial charge on any atom is 0.287 e. The van der Waals surface area contributed by atoms with E-state index in [-0.39, 0.29) is 10.6 Å². The molecule has 0 aromatic carbocycles. The van der Waals surface area contributed by atoms with Crippen LogP contribution < -0.4 is 15.4 Å². The van der Waals surface area contributed by atoms with Crippen LogP contribution in [0.25, 0.3) is 10.2 Å². The Kier molecular flexibility index (Phi) is 3.85. The molecule has 1 fully saturated rings. The van der Waals surface area contributed by atoms with Crippen molar-refractivity contribution in [3.8, 4) is 0 Å². The second-order valence-corrected chi connectivity index (χ2v) is 6.87. The van der Waals surface area contributed by atoms with Crippen LogP contribution in [0.1, 0.15) is 0 Å². The molecule has 0 atom stereocenters. The number of aryl methyl sites for hydroxylation is 1. The van der Waals surface area contributed by atoms with Gasteiger partial charge in [-0.25, -0.2) is 14.6 Å². The van der Waals surface area contributed by atoms with Gasteiger partial charge in [0.15, 0.2) is 0 Å². The molecule has 4 heterocycles. The predicted octanol–water partition coefficient (Wildman–Crippen LogP) is 1.76. The molecule has 0 amide bonds. The van der Waals surface area contributed by atoms with Crippen molar-refractivity contribution in [3.05, 3.63) is 39.3 Å². The highest BCUT2D eigenvalue weighted by Gasteiger charge is 2.23. The molecule has 24 heavy (non-hydrogen) atoms. The monoisotopic (exact) mass is 362 g/mol. The van der Waals surface area contributed by atoms with E-state index in [1.165, 1.54) is 4.68 Å². The van der Waals surface area contributed by atoms with Gasteiger partial charge in [0.2, 0.25) is 0 Å². The Morgan fingerprint density at radius 3 is 2.71 bits per heavy atom. The van der Waals surface area contributed by atoms with Crippen LogP contribution in [0.4, 0.5) is 11.5 Å². The molecule has 0 bridgehead atoms. The summed E-state index contributed by atoms with van der Waals surface area (Å²) in [4.78, 5) is 25.0. The second-order valence-electron chi connectivity index (χ2n) is 5.58. The molecule has 3 aromatic heterocycles. The predicted molar refractivity (Wildman–Crippen MR) is 96.3 cm³/mol. The van der Waals surface area contributed by atoms with Crippen molar-refractivity contribution >= 4 is 44.7 Å². The number of rotatable bonds is 2. The number of piperazine rings is 1. The Morgan fingerprint density at radius 2 is 1.92 bits per heavy atom. The number of fused-ring (bicyclic) bond motifs is 1. The molecule has 0 unspecified atom stereocenters. The Bertz CT molecular complexity index is 947. The van der Waals surface area contributed by atoms with E-state index < -0.39 is 0 Å². The zero-order valence-corrected chi connectivity index (χ0v) is 14.6. The Balaban J connectivity index is 1.56. The fourth-order valence-electron chi connectivity index (χ4n) is 2.88. The van der Waals surface area contributed by atoms with Gasteiger partial charge in [-0.15, -0.1) is 11.3 Å². The average molecular weight is 363 g/mol. The molecule has 1 saturated heterocycles. The van der Waals surface area contributed by atoms with Gasteiger partial charge < -0.3 is 9.80 Å². The van der Waals surface area contributed by atoms with Gasteiger partial charge in [0.25, 0.3) is 5.56 Å². The summed E-state index contributed by atoms with van der Waals surface area (Å²) < 4.78 is 2.36. The molecule has 7 nitrogen and oxygen atoms in total. The zero-order chi connectivity index (χ0) is 16.7. The molecule has 0 spiro atoms. The average Bonchev–Trinajstić information content (AvgIpc) is 3.09. The van der Waals surface area contributed by atoms with E-state index in [9.17, 15) is 4.79 Å². The molecular formula is C15H15ClN6OS. The Labute approximate surface area is 147 Å². The molecule has 0 N–H and O–H groups in total. The highest BCUT2D eigenvalue weighted by atomic mass is 35.5. The van der Waals surface area contributed by atoms with Crippen LogP contribution in [0.2, 0.25) is 5.02 Å². The van der Waals surface area contributed by atoms with E-state index in [1.54, 1.807) is 30.9 Å². The SMILES string of the molecule is Cn1ncc(N2CCN(c3ncnc4ccsc34)CC2)c(Cl)c1=O. The maximum absolute atomic E-state index is 12.0. The lowest BCUT2D eigenvalue weighted by Crippen LogP contribution is -2.47. The first-order chi connectivity index (χ1) is 11.6. The lowest BCUT2D eigenvalue weighted by molar-refractivity contribution is 0.640. The van der Waals surface area contributed by atoms with Crippen LogP contribution >= 0.6 is 22.9 Å². The summed E-state index contributed by atoms with van der Waals surface area (Å²) in [5.74, 6) is 0.975. The molecule has 9 heteroatoms. The lowest BCUT2D eigenvalue weighted by Gasteiger charge is -2.36. The number of hydrogen-bond acceptors (Lipinski definition) is 7. The highest BCUT2D eigenvalue weighted by molar-refractivity contribution is 7.17. The third kappa shape index (κ3) is 2.51. The van der Waals surface area contributed by atoms with Gasteiger partial charge in [0, 0.05) is 33.2 Å². The number of anilines is 2. The maximum atomic E-state index is 12.0. The number of aromatic nitrogens is 4. The summed E-state index contributed by atoms with van der Waals surface area (Å²) in [7, 11) is 1.59. The van der Waals surface area contributed by atoms with Crippen molar-refractivity contribution in [3.63, 3.8) is 0 Å². The highest BCUT2D eigenvalue weighted by Crippen LogP contribution is 2.29. The summed E-state index contributed by atoms with van der Waals surface area (Å²) in [6, 6.07) is 2.01. The van der Waals surface area contributed by atoms with Crippen molar-refractivity contribution < 1.29 is 0 Å². The van der Waals surface area contributed by atoms with Gasteiger partial charge >= 0.3 is 0 Å². The number of halogens is 1. The van der Waals surface area contributed by atoms with Crippen LogP contribution in [0.5, 0.6) is 0 Å². The number of thiophene rings is 1. The molecule has 0 radical (unpaired) electrons. The minimum absolute atomic E-state index is 0.226. The van der Waals surface area contributed by atoms with E-state index in [4.69, 9.17) is 11.6 Å². The number of nitrogens with zero attached hydrogens (tertiary/aromatic N) is 6. The fourth-order valence-corrected chi connectivity index (χ4v) is 4.04. The first-order valence-electron chi connectivity index (χ1n) is 7.55. The normalized spacial score (nSPS) is 15.2. The Morgan fingerprint density at radius 1 is 1.17 bits per heavy atom. The van der Waals surface area contributed by atoms with Gasteiger partial charge in [-0.2, -0.15) is 5.10 Å². The molecule has 124 valence electrons.